The van der Waals surface area contributed by atoms with Crippen molar-refractivity contribution in [3.05, 3.63) is 72.3 Å². The average Bonchev–Trinajstić information content (AvgIpc) is 2.61. The fourth-order valence-corrected chi connectivity index (χ4v) is 2.85. The molecule has 1 N–H and O–H groups in total. The first kappa shape index (κ1) is 20.0. The zero-order valence-corrected chi connectivity index (χ0v) is 15.5. The van der Waals surface area contributed by atoms with Crippen molar-refractivity contribution in [1.29, 1.82) is 0 Å². The average molecular weight is 372 g/mol. The molecule has 0 atom stereocenters. The van der Waals surface area contributed by atoms with E-state index in [1.165, 1.54) is 12.1 Å². The number of ether oxygens (including phenoxy) is 1. The highest BCUT2D eigenvalue weighted by atomic mass is 16.6. The zero-order valence-electron chi connectivity index (χ0n) is 15.5. The Morgan fingerprint density at radius 2 is 1.81 bits per heavy atom. The quantitative estimate of drug-likeness (QED) is 0.445. The molecule has 0 spiro atoms. The number of non-ortho nitro benzene ring substituents is 1. The van der Waals surface area contributed by atoms with E-state index in [2.05, 4.69) is 10.5 Å². The first-order valence-corrected chi connectivity index (χ1v) is 8.06. The summed E-state index contributed by atoms with van der Waals surface area (Å²) < 4.78 is 5.24. The first-order chi connectivity index (χ1) is 12.8. The second kappa shape index (κ2) is 8.37. The van der Waals surface area contributed by atoms with Gasteiger partial charge in [0.25, 0.3) is 5.69 Å². The predicted molar refractivity (Wildman–Crippen MR) is 102 cm³/mol. The third-order valence-corrected chi connectivity index (χ3v) is 4.25. The van der Waals surface area contributed by atoms with Crippen LogP contribution in [0.15, 0.2) is 29.4 Å². The number of nitro benzene ring substituents is 2. The summed E-state index contributed by atoms with van der Waals surface area (Å²) in [5, 5.41) is 26.1. The monoisotopic (exact) mass is 372 g/mol. The summed E-state index contributed by atoms with van der Waals surface area (Å²) in [5.74, 6) is 0. The number of nitrogens with zero attached hydrogens (tertiary/aromatic N) is 3. The van der Waals surface area contributed by atoms with Gasteiger partial charge in [0.05, 0.1) is 28.7 Å². The lowest BCUT2D eigenvalue weighted by molar-refractivity contribution is -0.393. The Morgan fingerprint density at radius 3 is 2.41 bits per heavy atom. The van der Waals surface area contributed by atoms with Gasteiger partial charge in [-0.2, -0.15) is 5.10 Å². The van der Waals surface area contributed by atoms with Crippen molar-refractivity contribution in [3.63, 3.8) is 0 Å². The molecular formula is C18H20N4O5. The van der Waals surface area contributed by atoms with E-state index in [1.807, 2.05) is 26.8 Å². The Morgan fingerprint density at radius 1 is 1.11 bits per heavy atom. The van der Waals surface area contributed by atoms with E-state index in [1.54, 1.807) is 13.3 Å². The van der Waals surface area contributed by atoms with Gasteiger partial charge in [-0.3, -0.25) is 25.7 Å². The Balaban J connectivity index is 2.34. The molecule has 0 bridgehead atoms. The molecule has 0 radical (unpaired) electrons. The lowest BCUT2D eigenvalue weighted by atomic mass is 9.94. The van der Waals surface area contributed by atoms with Gasteiger partial charge in [0, 0.05) is 18.7 Å². The summed E-state index contributed by atoms with van der Waals surface area (Å²) in [6, 6.07) is 5.37. The van der Waals surface area contributed by atoms with E-state index in [0.717, 1.165) is 33.9 Å². The van der Waals surface area contributed by atoms with E-state index in [9.17, 15) is 20.2 Å². The molecule has 27 heavy (non-hydrogen) atoms. The number of rotatable bonds is 7. The minimum atomic E-state index is -0.691. The summed E-state index contributed by atoms with van der Waals surface area (Å²) in [6.07, 6.45) is 1.58. The minimum Gasteiger partial charge on any atom is -0.380 e. The largest absolute Gasteiger partial charge is 0.380 e. The smallest absolute Gasteiger partial charge is 0.301 e. The highest BCUT2D eigenvalue weighted by Gasteiger charge is 2.19. The van der Waals surface area contributed by atoms with Crippen LogP contribution in [0.1, 0.15) is 27.8 Å². The van der Waals surface area contributed by atoms with Crippen molar-refractivity contribution in [3.8, 4) is 0 Å². The normalized spacial score (nSPS) is 11.0. The van der Waals surface area contributed by atoms with Gasteiger partial charge in [-0.05, 0) is 49.1 Å². The lowest BCUT2D eigenvalue weighted by Gasteiger charge is -2.14. The molecular weight excluding hydrogens is 352 g/mol. The number of hydrazone groups is 1. The third-order valence-electron chi connectivity index (χ3n) is 4.25. The molecule has 9 heteroatoms. The third kappa shape index (κ3) is 4.45. The van der Waals surface area contributed by atoms with Gasteiger partial charge in [0.1, 0.15) is 5.69 Å². The highest BCUT2D eigenvalue weighted by Crippen LogP contribution is 2.29. The molecule has 0 aromatic heterocycles. The summed E-state index contributed by atoms with van der Waals surface area (Å²) in [7, 11) is 1.63. The fraction of sp³-hybridized carbons (Fsp3) is 0.278. The van der Waals surface area contributed by atoms with Crippen LogP contribution in [0.5, 0.6) is 0 Å². The molecule has 0 fully saturated rings. The van der Waals surface area contributed by atoms with Crippen LogP contribution >= 0.6 is 0 Å². The molecule has 0 amide bonds. The van der Waals surface area contributed by atoms with E-state index in [-0.39, 0.29) is 11.4 Å². The SMILES string of the molecule is COCc1c(C)cc(C)c(/C=N\Nc2ccc([N+](=O)[O-])cc2[N+](=O)[O-])c1C. The van der Waals surface area contributed by atoms with Gasteiger partial charge in [0.15, 0.2) is 0 Å². The Kier molecular flexibility index (Phi) is 6.19. The summed E-state index contributed by atoms with van der Waals surface area (Å²) in [6.45, 7) is 6.39. The van der Waals surface area contributed by atoms with Crippen molar-refractivity contribution in [2.45, 2.75) is 27.4 Å². The van der Waals surface area contributed by atoms with Gasteiger partial charge in [-0.15, -0.1) is 0 Å². The number of hydrogen-bond donors (Lipinski definition) is 1. The van der Waals surface area contributed by atoms with Crippen LogP contribution < -0.4 is 5.43 Å². The second-order valence-electron chi connectivity index (χ2n) is 6.05. The molecule has 2 aromatic carbocycles. The van der Waals surface area contributed by atoms with E-state index in [4.69, 9.17) is 4.74 Å². The maximum Gasteiger partial charge on any atom is 0.301 e. The van der Waals surface area contributed by atoms with Crippen LogP contribution in [-0.2, 0) is 11.3 Å². The summed E-state index contributed by atoms with van der Waals surface area (Å²) in [4.78, 5) is 20.6. The molecule has 2 rings (SSSR count). The van der Waals surface area contributed by atoms with Crippen molar-refractivity contribution in [2.24, 2.45) is 5.10 Å². The number of benzene rings is 2. The van der Waals surface area contributed by atoms with Crippen LogP contribution in [0, 0.1) is 41.0 Å². The molecule has 0 aliphatic rings. The van der Waals surface area contributed by atoms with Crippen molar-refractivity contribution in [1.82, 2.24) is 0 Å². The predicted octanol–water partition coefficient (Wildman–Crippen LogP) is 4.02. The van der Waals surface area contributed by atoms with Crippen LogP contribution in [0.3, 0.4) is 0 Å². The number of methoxy groups -OCH3 is 1. The molecule has 9 nitrogen and oxygen atoms in total. The number of nitro groups is 2. The van der Waals surface area contributed by atoms with Crippen LogP contribution in [0.2, 0.25) is 0 Å². The minimum absolute atomic E-state index is 0.0707. The molecule has 0 aliphatic carbocycles. The maximum absolute atomic E-state index is 11.2. The van der Waals surface area contributed by atoms with E-state index < -0.39 is 15.5 Å². The molecule has 142 valence electrons. The molecule has 0 aliphatic heterocycles. The van der Waals surface area contributed by atoms with Gasteiger partial charge in [0.2, 0.25) is 0 Å². The van der Waals surface area contributed by atoms with Crippen LogP contribution in [0.25, 0.3) is 0 Å². The second-order valence-corrected chi connectivity index (χ2v) is 6.05. The molecule has 0 heterocycles. The molecule has 0 saturated heterocycles. The summed E-state index contributed by atoms with van der Waals surface area (Å²) in [5.41, 5.74) is 6.98. The number of anilines is 1. The van der Waals surface area contributed by atoms with Crippen molar-refractivity contribution in [2.75, 3.05) is 12.5 Å². The van der Waals surface area contributed by atoms with Gasteiger partial charge in [-0.25, -0.2) is 0 Å². The van der Waals surface area contributed by atoms with Crippen LogP contribution in [0.4, 0.5) is 17.1 Å². The zero-order chi connectivity index (χ0) is 20.1. The Hall–Kier alpha value is -3.33. The Labute approximate surface area is 156 Å². The molecule has 0 unspecified atom stereocenters. The Bertz CT molecular complexity index is 924. The fourth-order valence-electron chi connectivity index (χ4n) is 2.85. The van der Waals surface area contributed by atoms with Crippen molar-refractivity contribution >= 4 is 23.3 Å². The highest BCUT2D eigenvalue weighted by molar-refractivity contribution is 5.85. The number of nitrogens with one attached hydrogen (secondary N) is 1. The number of aryl methyl sites for hydroxylation is 2. The lowest BCUT2D eigenvalue weighted by Crippen LogP contribution is -2.04. The summed E-state index contributed by atoms with van der Waals surface area (Å²) >= 11 is 0. The number of hydrogen-bond acceptors (Lipinski definition) is 7. The topological polar surface area (TPSA) is 120 Å². The molecule has 0 saturated carbocycles. The van der Waals surface area contributed by atoms with E-state index in [0.29, 0.717) is 6.61 Å². The van der Waals surface area contributed by atoms with Gasteiger partial charge < -0.3 is 4.74 Å². The van der Waals surface area contributed by atoms with E-state index >= 15 is 0 Å². The van der Waals surface area contributed by atoms with Crippen molar-refractivity contribution < 1.29 is 14.6 Å². The van der Waals surface area contributed by atoms with Gasteiger partial charge in [-0.1, -0.05) is 6.07 Å². The van der Waals surface area contributed by atoms with Gasteiger partial charge >= 0.3 is 5.69 Å². The molecule has 2 aromatic rings. The maximum atomic E-state index is 11.2. The standard InChI is InChI=1S/C18H20N4O5/c1-11-7-12(2)16(10-27-4)13(3)15(11)9-19-20-17-6-5-14(21(23)24)8-18(17)22(25)26/h5-9,20H,10H2,1-4H3/b19-9-. The first-order valence-electron chi connectivity index (χ1n) is 8.06. The van der Waals surface area contributed by atoms with Crippen LogP contribution in [-0.4, -0.2) is 23.2 Å².